The lowest BCUT2D eigenvalue weighted by atomic mass is 10.2. The van der Waals surface area contributed by atoms with Gasteiger partial charge in [0, 0.05) is 75.6 Å². The quantitative estimate of drug-likeness (QED) is 0.326. The lowest BCUT2D eigenvalue weighted by Crippen LogP contribution is -2.45. The number of anilines is 1. The molecule has 0 bridgehead atoms. The summed E-state index contributed by atoms with van der Waals surface area (Å²) in [5.74, 6) is 1.88. The number of pyridine rings is 1. The summed E-state index contributed by atoms with van der Waals surface area (Å²) >= 11 is 1.79. The Labute approximate surface area is 195 Å². The first kappa shape index (κ1) is 23.8. The topological polar surface area (TPSA) is 68.7 Å². The molecule has 2 aromatic rings. The molecule has 1 aliphatic rings. The minimum absolute atomic E-state index is 0. The van der Waals surface area contributed by atoms with Gasteiger partial charge in [0.25, 0.3) is 0 Å². The molecule has 9 heteroatoms. The first-order valence-corrected chi connectivity index (χ1v) is 10.8. The Morgan fingerprint density at radius 2 is 2.00 bits per heavy atom. The fourth-order valence-corrected chi connectivity index (χ4v) is 4.05. The number of hydrogen-bond donors (Lipinski definition) is 2. The van der Waals surface area contributed by atoms with E-state index < -0.39 is 0 Å². The van der Waals surface area contributed by atoms with Crippen LogP contribution in [0.4, 0.5) is 5.82 Å². The van der Waals surface area contributed by atoms with E-state index in [1.165, 1.54) is 15.4 Å². The molecule has 160 valence electrons. The van der Waals surface area contributed by atoms with Crippen LogP contribution in [0.5, 0.6) is 0 Å². The summed E-state index contributed by atoms with van der Waals surface area (Å²) in [6, 6.07) is 4.14. The van der Waals surface area contributed by atoms with Gasteiger partial charge in [0.05, 0.1) is 5.01 Å². The predicted octanol–water partition coefficient (Wildman–Crippen LogP) is 2.38. The molecule has 0 unspecified atom stereocenters. The number of aliphatic imine (C=N–C) groups is 1. The van der Waals surface area contributed by atoms with Crippen molar-refractivity contribution in [2.45, 2.75) is 26.3 Å². The van der Waals surface area contributed by atoms with E-state index in [0.717, 1.165) is 57.3 Å². The second-order valence-electron chi connectivity index (χ2n) is 6.95. The number of likely N-dealkylation sites (N-methyl/N-ethyl adjacent to an activating group) is 1. The second kappa shape index (κ2) is 12.3. The number of nitrogens with one attached hydrogen (secondary N) is 2. The zero-order valence-electron chi connectivity index (χ0n) is 17.5. The number of thiazole rings is 1. The zero-order valence-corrected chi connectivity index (χ0v) is 20.7. The minimum Gasteiger partial charge on any atom is -0.356 e. The predicted molar refractivity (Wildman–Crippen MR) is 133 cm³/mol. The number of nitrogens with zero attached hydrogens (tertiary/aromatic N) is 5. The van der Waals surface area contributed by atoms with Gasteiger partial charge < -0.3 is 20.4 Å². The van der Waals surface area contributed by atoms with Gasteiger partial charge in [-0.25, -0.2) is 9.97 Å². The van der Waals surface area contributed by atoms with Gasteiger partial charge in [-0.3, -0.25) is 4.99 Å². The molecule has 2 N–H and O–H groups in total. The second-order valence-corrected chi connectivity index (χ2v) is 8.15. The fourth-order valence-electron chi connectivity index (χ4n) is 3.19. The third kappa shape index (κ3) is 7.07. The van der Waals surface area contributed by atoms with Crippen LogP contribution in [0.15, 0.2) is 29.5 Å². The maximum atomic E-state index is 4.64. The molecule has 0 spiro atoms. The third-order valence-electron chi connectivity index (χ3n) is 4.92. The minimum atomic E-state index is 0. The van der Waals surface area contributed by atoms with Crippen LogP contribution >= 0.6 is 35.3 Å². The summed E-state index contributed by atoms with van der Waals surface area (Å²) in [5, 5.41) is 7.98. The Hall–Kier alpha value is -1.46. The van der Waals surface area contributed by atoms with Crippen LogP contribution < -0.4 is 15.5 Å². The van der Waals surface area contributed by atoms with Crippen molar-refractivity contribution in [3.05, 3.63) is 40.0 Å². The van der Waals surface area contributed by atoms with Gasteiger partial charge >= 0.3 is 0 Å². The molecular formula is C20H32IN7S. The van der Waals surface area contributed by atoms with Crippen molar-refractivity contribution in [2.75, 3.05) is 51.7 Å². The van der Waals surface area contributed by atoms with Crippen molar-refractivity contribution in [3.8, 4) is 0 Å². The van der Waals surface area contributed by atoms with Crippen molar-refractivity contribution < 1.29 is 0 Å². The van der Waals surface area contributed by atoms with Gasteiger partial charge in [-0.05, 0) is 19.5 Å². The first-order valence-electron chi connectivity index (χ1n) is 9.95. The molecule has 0 aromatic carbocycles. The number of aryl methyl sites for hydroxylation is 1. The molecule has 2 aromatic heterocycles. The summed E-state index contributed by atoms with van der Waals surface area (Å²) < 4.78 is 0. The maximum absolute atomic E-state index is 4.64. The Balaban J connectivity index is 0.00000300. The van der Waals surface area contributed by atoms with Crippen molar-refractivity contribution in [2.24, 2.45) is 4.99 Å². The summed E-state index contributed by atoms with van der Waals surface area (Å²) in [6.07, 6.45) is 5.82. The lowest BCUT2D eigenvalue weighted by Gasteiger charge is -2.34. The highest BCUT2D eigenvalue weighted by Gasteiger charge is 2.18. The Morgan fingerprint density at radius 1 is 1.21 bits per heavy atom. The number of hydrogen-bond acceptors (Lipinski definition) is 6. The average Bonchev–Trinajstić information content (AvgIpc) is 3.19. The normalized spacial score (nSPS) is 15.1. The summed E-state index contributed by atoms with van der Waals surface area (Å²) in [4.78, 5) is 19.5. The lowest BCUT2D eigenvalue weighted by molar-refractivity contribution is 0.312. The molecule has 1 aliphatic heterocycles. The van der Waals surface area contributed by atoms with Crippen molar-refractivity contribution >= 4 is 47.1 Å². The zero-order chi connectivity index (χ0) is 19.8. The van der Waals surface area contributed by atoms with Gasteiger partial charge in [0.1, 0.15) is 5.82 Å². The van der Waals surface area contributed by atoms with Crippen LogP contribution in [-0.2, 0) is 19.4 Å². The molecule has 3 rings (SSSR count). The smallest absolute Gasteiger partial charge is 0.191 e. The Bertz CT molecular complexity index is 772. The molecule has 0 aliphatic carbocycles. The molecule has 0 saturated carbocycles. The summed E-state index contributed by atoms with van der Waals surface area (Å²) in [7, 11) is 3.97. The highest BCUT2D eigenvalue weighted by molar-refractivity contribution is 14.0. The maximum Gasteiger partial charge on any atom is 0.191 e. The Kier molecular flexibility index (Phi) is 10.1. The number of piperazine rings is 1. The van der Waals surface area contributed by atoms with Gasteiger partial charge in [0.2, 0.25) is 0 Å². The standard InChI is InChI=1S/C20H31N7S.HI/c1-4-17-15-24-18(28-17)7-9-23-20(21-2)25-14-16-6-5-8-22-19(16)27-12-10-26(3)11-13-27;/h5-6,8,15H,4,7,9-14H2,1-3H3,(H2,21,23,25);1H. The van der Waals surface area contributed by atoms with Crippen LogP contribution in [0, 0.1) is 0 Å². The molecule has 0 radical (unpaired) electrons. The summed E-state index contributed by atoms with van der Waals surface area (Å²) in [5.41, 5.74) is 1.20. The van der Waals surface area contributed by atoms with Gasteiger partial charge in [-0.15, -0.1) is 35.3 Å². The monoisotopic (exact) mass is 529 g/mol. The van der Waals surface area contributed by atoms with Gasteiger partial charge in [-0.2, -0.15) is 0 Å². The molecule has 3 heterocycles. The van der Waals surface area contributed by atoms with Crippen LogP contribution in [0.3, 0.4) is 0 Å². The molecule has 0 atom stereocenters. The number of rotatable bonds is 7. The molecule has 29 heavy (non-hydrogen) atoms. The van der Waals surface area contributed by atoms with Gasteiger partial charge in [0.15, 0.2) is 5.96 Å². The largest absolute Gasteiger partial charge is 0.356 e. The fraction of sp³-hybridized carbons (Fsp3) is 0.550. The van der Waals surface area contributed by atoms with Crippen LogP contribution in [0.1, 0.15) is 22.4 Å². The average molecular weight is 529 g/mol. The highest BCUT2D eigenvalue weighted by Crippen LogP contribution is 2.18. The summed E-state index contributed by atoms with van der Waals surface area (Å²) in [6.45, 7) is 7.85. The van der Waals surface area contributed by atoms with E-state index in [1.807, 2.05) is 18.5 Å². The molecule has 1 fully saturated rings. The number of guanidine groups is 1. The van der Waals surface area contributed by atoms with Crippen molar-refractivity contribution in [1.82, 2.24) is 25.5 Å². The van der Waals surface area contributed by atoms with E-state index in [2.05, 4.69) is 55.4 Å². The third-order valence-corrected chi connectivity index (χ3v) is 6.12. The highest BCUT2D eigenvalue weighted by atomic mass is 127. The van der Waals surface area contributed by atoms with E-state index in [-0.39, 0.29) is 24.0 Å². The van der Waals surface area contributed by atoms with E-state index in [0.29, 0.717) is 6.54 Å². The van der Waals surface area contributed by atoms with Crippen LogP contribution in [0.25, 0.3) is 0 Å². The Morgan fingerprint density at radius 3 is 2.69 bits per heavy atom. The molecule has 1 saturated heterocycles. The molecule has 7 nitrogen and oxygen atoms in total. The number of halogens is 1. The molecular weight excluding hydrogens is 497 g/mol. The van der Waals surface area contributed by atoms with Crippen LogP contribution in [0.2, 0.25) is 0 Å². The SMILES string of the molecule is CCc1cnc(CCNC(=NC)NCc2cccnc2N2CCN(C)CC2)s1.I. The van der Waals surface area contributed by atoms with Gasteiger partial charge in [-0.1, -0.05) is 13.0 Å². The number of aromatic nitrogens is 2. The van der Waals surface area contributed by atoms with E-state index in [1.54, 1.807) is 18.4 Å². The van der Waals surface area contributed by atoms with Crippen LogP contribution in [-0.4, -0.2) is 67.6 Å². The van der Waals surface area contributed by atoms with E-state index >= 15 is 0 Å². The van der Waals surface area contributed by atoms with Crippen molar-refractivity contribution in [3.63, 3.8) is 0 Å². The van der Waals surface area contributed by atoms with E-state index in [4.69, 9.17) is 0 Å². The van der Waals surface area contributed by atoms with Crippen molar-refractivity contribution in [1.29, 1.82) is 0 Å². The first-order chi connectivity index (χ1) is 13.7. The molecule has 0 amide bonds. The van der Waals surface area contributed by atoms with E-state index in [9.17, 15) is 0 Å².